The topological polar surface area (TPSA) is 52.6 Å². The van der Waals surface area contributed by atoms with Crippen molar-refractivity contribution >= 4 is 11.8 Å². The highest BCUT2D eigenvalue weighted by atomic mass is 16.6. The van der Waals surface area contributed by atoms with Gasteiger partial charge in [0.1, 0.15) is 0 Å². The molecule has 0 saturated heterocycles. The van der Waals surface area contributed by atoms with Gasteiger partial charge in [0.05, 0.1) is 7.11 Å². The summed E-state index contributed by atoms with van der Waals surface area (Å²) in [5.74, 6) is -0.0494. The Kier molecular flexibility index (Phi) is 5.31. The summed E-state index contributed by atoms with van der Waals surface area (Å²) in [5.41, 5.74) is 1.70. The van der Waals surface area contributed by atoms with Crippen molar-refractivity contribution in [3.05, 3.63) is 71.8 Å². The average Bonchev–Trinajstić information content (AvgIpc) is 2.61. The fraction of sp³-hybridized carbons (Fsp3) is 0.158. The molecule has 118 valence electrons. The Morgan fingerprint density at radius 3 is 2.39 bits per heavy atom. The molecule has 0 aromatic heterocycles. The molecule has 0 unspecified atom stereocenters. The van der Waals surface area contributed by atoms with Gasteiger partial charge in [-0.15, -0.1) is 0 Å². The molecule has 2 aromatic carbocycles. The standard InChI is InChI=1S/C19H18O4/c1-4-14-15(18(21)13-9-7-6-8-10-13)11-12-16(22-3)19(14)23-17(20)5-2/h5-12H,2,4H2,1,3H3. The minimum Gasteiger partial charge on any atom is -0.493 e. The highest BCUT2D eigenvalue weighted by molar-refractivity contribution is 6.10. The third kappa shape index (κ3) is 3.48. The Morgan fingerprint density at radius 2 is 1.83 bits per heavy atom. The lowest BCUT2D eigenvalue weighted by atomic mass is 9.95. The number of esters is 1. The van der Waals surface area contributed by atoms with Crippen molar-refractivity contribution in [2.24, 2.45) is 0 Å². The number of benzene rings is 2. The van der Waals surface area contributed by atoms with Crippen LogP contribution >= 0.6 is 0 Å². The SMILES string of the molecule is C=CC(=O)Oc1c(OC)ccc(C(=O)c2ccccc2)c1CC. The van der Waals surface area contributed by atoms with Crippen LogP contribution in [0.4, 0.5) is 0 Å². The number of carbonyl (C=O) groups excluding carboxylic acids is 2. The van der Waals surface area contributed by atoms with E-state index in [4.69, 9.17) is 9.47 Å². The van der Waals surface area contributed by atoms with E-state index >= 15 is 0 Å². The predicted octanol–water partition coefficient (Wildman–Crippen LogP) is 3.58. The lowest BCUT2D eigenvalue weighted by molar-refractivity contribution is -0.129. The van der Waals surface area contributed by atoms with Gasteiger partial charge in [0.25, 0.3) is 0 Å². The van der Waals surface area contributed by atoms with E-state index < -0.39 is 5.97 Å². The van der Waals surface area contributed by atoms with E-state index in [1.54, 1.807) is 36.4 Å². The summed E-state index contributed by atoms with van der Waals surface area (Å²) in [7, 11) is 1.48. The molecule has 0 amide bonds. The van der Waals surface area contributed by atoms with Gasteiger partial charge >= 0.3 is 5.97 Å². The second kappa shape index (κ2) is 7.40. The van der Waals surface area contributed by atoms with Crippen molar-refractivity contribution in [3.63, 3.8) is 0 Å². The molecule has 0 aliphatic heterocycles. The number of hydrogen-bond donors (Lipinski definition) is 0. The van der Waals surface area contributed by atoms with Gasteiger partial charge < -0.3 is 9.47 Å². The average molecular weight is 310 g/mol. The van der Waals surface area contributed by atoms with Crippen LogP contribution in [0, 0.1) is 0 Å². The predicted molar refractivity (Wildman–Crippen MR) is 88.1 cm³/mol. The fourth-order valence-corrected chi connectivity index (χ4v) is 2.33. The molecule has 2 rings (SSSR count). The molecule has 2 aromatic rings. The number of carbonyl (C=O) groups is 2. The quantitative estimate of drug-likeness (QED) is 0.354. The smallest absolute Gasteiger partial charge is 0.335 e. The maximum atomic E-state index is 12.7. The highest BCUT2D eigenvalue weighted by Gasteiger charge is 2.21. The van der Waals surface area contributed by atoms with Crippen LogP contribution in [0.1, 0.15) is 28.4 Å². The molecule has 4 heteroatoms. The largest absolute Gasteiger partial charge is 0.493 e. The monoisotopic (exact) mass is 310 g/mol. The van der Waals surface area contributed by atoms with Gasteiger partial charge in [-0.05, 0) is 18.6 Å². The molecule has 0 bridgehead atoms. The molecule has 0 saturated carbocycles. The zero-order valence-corrected chi connectivity index (χ0v) is 13.2. The van der Waals surface area contributed by atoms with Gasteiger partial charge in [0.2, 0.25) is 0 Å². The molecule has 4 nitrogen and oxygen atoms in total. The summed E-state index contributed by atoms with van der Waals surface area (Å²) < 4.78 is 10.6. The molecule has 0 fully saturated rings. The van der Waals surface area contributed by atoms with E-state index in [0.29, 0.717) is 28.9 Å². The van der Waals surface area contributed by atoms with Crippen LogP contribution in [0.25, 0.3) is 0 Å². The van der Waals surface area contributed by atoms with Gasteiger partial charge in [0.15, 0.2) is 17.3 Å². The van der Waals surface area contributed by atoms with Gasteiger partial charge in [-0.25, -0.2) is 4.79 Å². The first kappa shape index (κ1) is 16.5. The number of hydrogen-bond acceptors (Lipinski definition) is 4. The van der Waals surface area contributed by atoms with Gasteiger partial charge in [-0.2, -0.15) is 0 Å². The summed E-state index contributed by atoms with van der Waals surface area (Å²) in [5, 5.41) is 0. The summed E-state index contributed by atoms with van der Waals surface area (Å²) >= 11 is 0. The van der Waals surface area contributed by atoms with E-state index in [9.17, 15) is 9.59 Å². The molecule has 0 aliphatic rings. The normalized spacial score (nSPS) is 10.0. The van der Waals surface area contributed by atoms with E-state index in [-0.39, 0.29) is 11.5 Å². The summed E-state index contributed by atoms with van der Waals surface area (Å²) in [4.78, 5) is 24.3. The first-order valence-corrected chi connectivity index (χ1v) is 7.26. The lowest BCUT2D eigenvalue weighted by Gasteiger charge is -2.15. The van der Waals surface area contributed by atoms with Crippen molar-refractivity contribution in [2.45, 2.75) is 13.3 Å². The van der Waals surface area contributed by atoms with Crippen molar-refractivity contribution < 1.29 is 19.1 Å². The minimum absolute atomic E-state index is 0.124. The highest BCUT2D eigenvalue weighted by Crippen LogP contribution is 2.35. The Bertz CT molecular complexity index is 733. The Labute approximate surface area is 135 Å². The van der Waals surface area contributed by atoms with Crippen LogP contribution in [0.2, 0.25) is 0 Å². The Balaban J connectivity index is 2.56. The van der Waals surface area contributed by atoms with Crippen LogP contribution in [0.5, 0.6) is 11.5 Å². The molecule has 0 radical (unpaired) electrons. The first-order valence-electron chi connectivity index (χ1n) is 7.26. The molecule has 0 atom stereocenters. The molecule has 0 spiro atoms. The van der Waals surface area contributed by atoms with Crippen LogP contribution in [-0.4, -0.2) is 18.9 Å². The third-order valence-electron chi connectivity index (χ3n) is 3.45. The van der Waals surface area contributed by atoms with E-state index in [1.165, 1.54) is 7.11 Å². The van der Waals surface area contributed by atoms with E-state index in [1.807, 2.05) is 13.0 Å². The molecule has 0 N–H and O–H groups in total. The van der Waals surface area contributed by atoms with E-state index in [0.717, 1.165) is 6.08 Å². The zero-order valence-electron chi connectivity index (χ0n) is 13.2. The van der Waals surface area contributed by atoms with Crippen molar-refractivity contribution in [2.75, 3.05) is 7.11 Å². The van der Waals surface area contributed by atoms with Crippen LogP contribution < -0.4 is 9.47 Å². The Morgan fingerprint density at radius 1 is 1.13 bits per heavy atom. The first-order chi connectivity index (χ1) is 11.1. The maximum absolute atomic E-state index is 12.7. The zero-order chi connectivity index (χ0) is 16.8. The van der Waals surface area contributed by atoms with Crippen LogP contribution in [0.3, 0.4) is 0 Å². The fourth-order valence-electron chi connectivity index (χ4n) is 2.33. The van der Waals surface area contributed by atoms with Crippen LogP contribution in [-0.2, 0) is 11.2 Å². The number of methoxy groups -OCH3 is 1. The van der Waals surface area contributed by atoms with Gasteiger partial charge in [-0.3, -0.25) is 4.79 Å². The lowest BCUT2D eigenvalue weighted by Crippen LogP contribution is -2.11. The second-order valence-corrected chi connectivity index (χ2v) is 4.80. The third-order valence-corrected chi connectivity index (χ3v) is 3.45. The number of rotatable bonds is 6. The molecule has 0 heterocycles. The summed E-state index contributed by atoms with van der Waals surface area (Å²) in [6, 6.07) is 12.3. The van der Waals surface area contributed by atoms with Crippen molar-refractivity contribution in [3.8, 4) is 11.5 Å². The molecular weight excluding hydrogens is 292 g/mol. The van der Waals surface area contributed by atoms with Gasteiger partial charge in [-0.1, -0.05) is 43.8 Å². The molecular formula is C19H18O4. The van der Waals surface area contributed by atoms with Gasteiger partial charge in [0, 0.05) is 22.8 Å². The summed E-state index contributed by atoms with van der Waals surface area (Å²) in [6.45, 7) is 5.28. The van der Waals surface area contributed by atoms with Crippen LogP contribution in [0.15, 0.2) is 55.1 Å². The minimum atomic E-state index is -0.595. The van der Waals surface area contributed by atoms with E-state index in [2.05, 4.69) is 6.58 Å². The maximum Gasteiger partial charge on any atom is 0.335 e. The second-order valence-electron chi connectivity index (χ2n) is 4.80. The molecule has 23 heavy (non-hydrogen) atoms. The molecule has 0 aliphatic carbocycles. The number of ether oxygens (including phenoxy) is 2. The van der Waals surface area contributed by atoms with Crippen molar-refractivity contribution in [1.29, 1.82) is 0 Å². The number of ketones is 1. The summed E-state index contributed by atoms with van der Waals surface area (Å²) in [6.07, 6.45) is 1.59. The Hall–Kier alpha value is -2.88. The van der Waals surface area contributed by atoms with Crippen molar-refractivity contribution in [1.82, 2.24) is 0 Å².